The molecule has 0 amide bonds. The standard InChI is InChI=1S/C10H11F2NO2/c11-8-3-1-2-6(10(8)12)4-7(13)5-9(14)15/h1-3,7H,4-5,13H2,(H,14,15)/t7-/m1/s1. The van der Waals surface area contributed by atoms with Gasteiger partial charge in [-0.3, -0.25) is 4.79 Å². The highest BCUT2D eigenvalue weighted by Crippen LogP contribution is 2.13. The van der Waals surface area contributed by atoms with E-state index in [0.29, 0.717) is 0 Å². The summed E-state index contributed by atoms with van der Waals surface area (Å²) in [5, 5.41) is 8.44. The third kappa shape index (κ3) is 3.28. The summed E-state index contributed by atoms with van der Waals surface area (Å²) in [6, 6.07) is 3.04. The maximum atomic E-state index is 13.1. The predicted octanol–water partition coefficient (Wildman–Crippen LogP) is 1.31. The van der Waals surface area contributed by atoms with Gasteiger partial charge in [0, 0.05) is 6.04 Å². The first-order valence-corrected chi connectivity index (χ1v) is 4.41. The number of carboxylic acids is 1. The zero-order valence-electron chi connectivity index (χ0n) is 7.91. The van der Waals surface area contributed by atoms with Gasteiger partial charge >= 0.3 is 5.97 Å². The van der Waals surface area contributed by atoms with Crippen LogP contribution in [0.1, 0.15) is 12.0 Å². The maximum absolute atomic E-state index is 13.1. The summed E-state index contributed by atoms with van der Waals surface area (Å²) in [5.41, 5.74) is 5.56. The second kappa shape index (κ2) is 4.84. The van der Waals surface area contributed by atoms with Crippen LogP contribution in [-0.4, -0.2) is 17.1 Å². The van der Waals surface area contributed by atoms with Crippen molar-refractivity contribution in [3.05, 3.63) is 35.4 Å². The lowest BCUT2D eigenvalue weighted by Crippen LogP contribution is -2.26. The van der Waals surface area contributed by atoms with Gasteiger partial charge < -0.3 is 10.8 Å². The molecular weight excluding hydrogens is 204 g/mol. The van der Waals surface area contributed by atoms with E-state index in [4.69, 9.17) is 10.8 Å². The zero-order chi connectivity index (χ0) is 11.4. The molecular formula is C10H11F2NO2. The van der Waals surface area contributed by atoms with Gasteiger partial charge in [0.05, 0.1) is 6.42 Å². The molecule has 0 aliphatic heterocycles. The molecule has 0 fully saturated rings. The Balaban J connectivity index is 2.72. The van der Waals surface area contributed by atoms with Gasteiger partial charge in [-0.2, -0.15) is 0 Å². The number of hydrogen-bond donors (Lipinski definition) is 2. The van der Waals surface area contributed by atoms with Gasteiger partial charge in [0.25, 0.3) is 0 Å². The Bertz CT molecular complexity index is 368. The molecule has 0 saturated carbocycles. The van der Waals surface area contributed by atoms with Crippen LogP contribution < -0.4 is 5.73 Å². The first-order valence-electron chi connectivity index (χ1n) is 4.41. The van der Waals surface area contributed by atoms with Crippen LogP contribution >= 0.6 is 0 Å². The first-order chi connectivity index (χ1) is 7.00. The van der Waals surface area contributed by atoms with Crippen molar-refractivity contribution in [1.82, 2.24) is 0 Å². The lowest BCUT2D eigenvalue weighted by atomic mass is 10.0. The zero-order valence-corrected chi connectivity index (χ0v) is 7.91. The van der Waals surface area contributed by atoms with Gasteiger partial charge in [-0.05, 0) is 18.1 Å². The quantitative estimate of drug-likeness (QED) is 0.795. The third-order valence-corrected chi connectivity index (χ3v) is 1.95. The van der Waals surface area contributed by atoms with Crippen molar-refractivity contribution in [3.8, 4) is 0 Å². The SMILES string of the molecule is N[C@@H](CC(=O)O)Cc1cccc(F)c1F. The Morgan fingerprint density at radius 3 is 2.73 bits per heavy atom. The molecule has 1 atom stereocenters. The van der Waals surface area contributed by atoms with Crippen molar-refractivity contribution in [3.63, 3.8) is 0 Å². The van der Waals surface area contributed by atoms with Crippen molar-refractivity contribution in [1.29, 1.82) is 0 Å². The van der Waals surface area contributed by atoms with E-state index in [1.165, 1.54) is 12.1 Å². The van der Waals surface area contributed by atoms with Gasteiger partial charge in [0.1, 0.15) is 0 Å². The fraction of sp³-hybridized carbons (Fsp3) is 0.300. The van der Waals surface area contributed by atoms with Crippen molar-refractivity contribution in [2.45, 2.75) is 18.9 Å². The van der Waals surface area contributed by atoms with E-state index < -0.39 is 23.6 Å². The summed E-state index contributed by atoms with van der Waals surface area (Å²) >= 11 is 0. The number of carboxylic acid groups (broad SMARTS) is 1. The second-order valence-corrected chi connectivity index (χ2v) is 3.28. The van der Waals surface area contributed by atoms with Gasteiger partial charge in [0.2, 0.25) is 0 Å². The molecule has 1 rings (SSSR count). The van der Waals surface area contributed by atoms with Crippen LogP contribution in [0.25, 0.3) is 0 Å². The summed E-state index contributed by atoms with van der Waals surface area (Å²) in [6.45, 7) is 0. The largest absolute Gasteiger partial charge is 0.481 e. The normalized spacial score (nSPS) is 12.5. The molecule has 5 heteroatoms. The monoisotopic (exact) mass is 215 g/mol. The van der Waals surface area contributed by atoms with E-state index in [1.54, 1.807) is 0 Å². The van der Waals surface area contributed by atoms with E-state index in [1.807, 2.05) is 0 Å². The van der Waals surface area contributed by atoms with Gasteiger partial charge in [-0.15, -0.1) is 0 Å². The molecule has 0 aliphatic rings. The lowest BCUT2D eigenvalue weighted by Gasteiger charge is -2.09. The number of nitrogens with two attached hydrogens (primary N) is 1. The predicted molar refractivity (Wildman–Crippen MR) is 50.3 cm³/mol. The molecule has 0 spiro atoms. The van der Waals surface area contributed by atoms with E-state index in [-0.39, 0.29) is 18.4 Å². The molecule has 82 valence electrons. The average molecular weight is 215 g/mol. The first kappa shape index (κ1) is 11.6. The molecule has 0 saturated heterocycles. The highest BCUT2D eigenvalue weighted by atomic mass is 19.2. The van der Waals surface area contributed by atoms with Crippen LogP contribution in [0.4, 0.5) is 8.78 Å². The molecule has 1 aromatic carbocycles. The summed E-state index contributed by atoms with van der Waals surface area (Å²) in [6.07, 6.45) is -0.258. The Hall–Kier alpha value is -1.49. The van der Waals surface area contributed by atoms with Gasteiger partial charge in [0.15, 0.2) is 11.6 Å². The van der Waals surface area contributed by atoms with Crippen molar-refractivity contribution >= 4 is 5.97 Å². The van der Waals surface area contributed by atoms with Crippen LogP contribution in [0.15, 0.2) is 18.2 Å². The Labute approximate surface area is 85.5 Å². The number of benzene rings is 1. The molecule has 0 radical (unpaired) electrons. The summed E-state index contributed by atoms with van der Waals surface area (Å²) in [7, 11) is 0. The number of carbonyl (C=O) groups is 1. The highest BCUT2D eigenvalue weighted by Gasteiger charge is 2.13. The number of halogens is 2. The topological polar surface area (TPSA) is 63.3 Å². The molecule has 15 heavy (non-hydrogen) atoms. The minimum atomic E-state index is -1.06. The number of rotatable bonds is 4. The van der Waals surface area contributed by atoms with Crippen molar-refractivity contribution < 1.29 is 18.7 Å². The summed E-state index contributed by atoms with van der Waals surface area (Å²) < 4.78 is 25.9. The van der Waals surface area contributed by atoms with Crippen LogP contribution in [0.2, 0.25) is 0 Å². The molecule has 0 aromatic heterocycles. The highest BCUT2D eigenvalue weighted by molar-refractivity contribution is 5.67. The van der Waals surface area contributed by atoms with Crippen LogP contribution in [0.5, 0.6) is 0 Å². The smallest absolute Gasteiger partial charge is 0.304 e. The molecule has 0 heterocycles. The summed E-state index contributed by atoms with van der Waals surface area (Å²) in [5.74, 6) is -2.97. The van der Waals surface area contributed by atoms with Gasteiger partial charge in [-0.25, -0.2) is 8.78 Å². The van der Waals surface area contributed by atoms with E-state index >= 15 is 0 Å². The molecule has 3 nitrogen and oxygen atoms in total. The van der Waals surface area contributed by atoms with E-state index in [0.717, 1.165) is 6.07 Å². The van der Waals surface area contributed by atoms with E-state index in [9.17, 15) is 13.6 Å². The Kier molecular flexibility index (Phi) is 3.74. The summed E-state index contributed by atoms with van der Waals surface area (Å²) in [4.78, 5) is 10.3. The molecule has 0 unspecified atom stereocenters. The molecule has 0 aliphatic carbocycles. The van der Waals surface area contributed by atoms with Crippen LogP contribution in [0.3, 0.4) is 0 Å². The van der Waals surface area contributed by atoms with E-state index in [2.05, 4.69) is 0 Å². The van der Waals surface area contributed by atoms with Crippen molar-refractivity contribution in [2.75, 3.05) is 0 Å². The Morgan fingerprint density at radius 1 is 1.47 bits per heavy atom. The van der Waals surface area contributed by atoms with Crippen molar-refractivity contribution in [2.24, 2.45) is 5.73 Å². The van der Waals surface area contributed by atoms with Crippen LogP contribution in [-0.2, 0) is 11.2 Å². The molecule has 1 aromatic rings. The fourth-order valence-electron chi connectivity index (χ4n) is 1.29. The Morgan fingerprint density at radius 2 is 2.13 bits per heavy atom. The minimum Gasteiger partial charge on any atom is -0.481 e. The maximum Gasteiger partial charge on any atom is 0.304 e. The fourth-order valence-corrected chi connectivity index (χ4v) is 1.29. The minimum absolute atomic E-state index is 0.00981. The number of aliphatic carboxylic acids is 1. The number of hydrogen-bond acceptors (Lipinski definition) is 2. The average Bonchev–Trinajstić information content (AvgIpc) is 2.11. The second-order valence-electron chi connectivity index (χ2n) is 3.28. The molecule has 3 N–H and O–H groups in total. The van der Waals surface area contributed by atoms with Gasteiger partial charge in [-0.1, -0.05) is 12.1 Å². The lowest BCUT2D eigenvalue weighted by molar-refractivity contribution is -0.137. The third-order valence-electron chi connectivity index (χ3n) is 1.95. The molecule has 0 bridgehead atoms. The van der Waals surface area contributed by atoms with Crippen LogP contribution in [0, 0.1) is 11.6 Å².